The fraction of sp³-hybridized carbons (Fsp3) is 0. The zero-order valence-corrected chi connectivity index (χ0v) is 14.4. The average Bonchev–Trinajstić information content (AvgIpc) is 2.71. The van der Waals surface area contributed by atoms with Crippen LogP contribution in [-0.4, -0.2) is 5.78 Å². The summed E-state index contributed by atoms with van der Waals surface area (Å²) in [6, 6.07) is 19.6. The molecular formula is C20H14CrO4. The molecule has 0 aliphatic heterocycles. The van der Waals surface area contributed by atoms with Gasteiger partial charge in [-0.15, -0.1) is 0 Å². The van der Waals surface area contributed by atoms with Gasteiger partial charge >= 0.3 is 33.9 Å². The number of carbonyl (C=O) groups is 1. The minimum Gasteiger partial charge on any atom is 0 e. The predicted octanol–water partition coefficient (Wildman–Crippen LogP) is 3.87. The van der Waals surface area contributed by atoms with Crippen LogP contribution in [0, 0.1) is 20.0 Å². The third-order valence-electron chi connectivity index (χ3n) is 2.48. The van der Waals surface area contributed by atoms with Crippen molar-refractivity contribution in [1.82, 2.24) is 0 Å². The Morgan fingerprint density at radius 2 is 0.920 bits per heavy atom. The fourth-order valence-corrected chi connectivity index (χ4v) is 1.54. The van der Waals surface area contributed by atoms with Crippen molar-refractivity contribution in [3.8, 4) is 0 Å². The van der Waals surface area contributed by atoms with Gasteiger partial charge in [-0.05, 0) is 23.3 Å². The van der Waals surface area contributed by atoms with Gasteiger partial charge in [0.1, 0.15) is 0 Å². The minimum absolute atomic E-state index is 0. The Bertz CT molecular complexity index is 618. The van der Waals surface area contributed by atoms with Crippen molar-refractivity contribution in [3.63, 3.8) is 0 Å². The maximum atomic E-state index is 11.6. The van der Waals surface area contributed by atoms with E-state index in [0.29, 0.717) is 0 Å². The van der Waals surface area contributed by atoms with E-state index in [1.54, 1.807) is 12.2 Å². The molecule has 4 nitrogen and oxygen atoms in total. The molecule has 5 heteroatoms. The van der Waals surface area contributed by atoms with E-state index in [9.17, 15) is 4.79 Å². The summed E-state index contributed by atoms with van der Waals surface area (Å²) in [5, 5.41) is 0. The molecule has 0 unspecified atom stereocenters. The number of rotatable bonds is 4. The maximum Gasteiger partial charge on any atom is 0 e. The standard InChI is InChI=1S/C17H14O.3CO.Cr/c18-17(13-11-15-7-3-1-4-8-15)14-12-16-9-5-2-6-10-16;3*1-2;/h1-14H;;;;/b13-11+,14-12+;;;;. The Labute approximate surface area is 158 Å². The molecule has 0 amide bonds. The van der Waals surface area contributed by atoms with Gasteiger partial charge in [0.25, 0.3) is 0 Å². The van der Waals surface area contributed by atoms with Crippen LogP contribution in [0.4, 0.5) is 0 Å². The molecule has 0 bridgehead atoms. The molecule has 0 fully saturated rings. The molecule has 0 atom stereocenters. The van der Waals surface area contributed by atoms with Crippen LogP contribution in [0.5, 0.6) is 0 Å². The monoisotopic (exact) mass is 370 g/mol. The van der Waals surface area contributed by atoms with Gasteiger partial charge in [-0.2, -0.15) is 0 Å². The molecule has 0 saturated carbocycles. The van der Waals surface area contributed by atoms with Gasteiger partial charge in [-0.25, -0.2) is 0 Å². The molecule has 0 heterocycles. The number of ketones is 1. The minimum atomic E-state index is -0.0114. The number of hydrogen-bond acceptors (Lipinski definition) is 1. The van der Waals surface area contributed by atoms with Crippen molar-refractivity contribution < 1.29 is 36.1 Å². The fourth-order valence-electron chi connectivity index (χ4n) is 1.54. The molecule has 0 aliphatic carbocycles. The Morgan fingerprint density at radius 1 is 0.640 bits per heavy atom. The Hall–Kier alpha value is -2.66. The molecule has 0 aromatic heterocycles. The van der Waals surface area contributed by atoms with Crippen LogP contribution in [0.2, 0.25) is 0 Å². The SMILES string of the molecule is O=C(/C=C/c1ccccc1)/C=C/c1ccccc1.[C-]#[O+].[C-]#[O+].[C-]#[O+].[Cr]. The molecule has 2 aromatic carbocycles. The normalized spacial score (nSPS) is 8.24. The maximum absolute atomic E-state index is 11.6. The van der Waals surface area contributed by atoms with Gasteiger partial charge in [-0.1, -0.05) is 72.8 Å². The van der Waals surface area contributed by atoms with Crippen molar-refractivity contribution in [3.05, 3.63) is 104 Å². The van der Waals surface area contributed by atoms with E-state index in [1.807, 2.05) is 72.8 Å². The third kappa shape index (κ3) is 14.7. The summed E-state index contributed by atoms with van der Waals surface area (Å²) < 4.78 is 22.5. The zero-order valence-electron chi connectivity index (χ0n) is 13.1. The van der Waals surface area contributed by atoms with E-state index < -0.39 is 0 Å². The van der Waals surface area contributed by atoms with Crippen molar-refractivity contribution >= 4 is 17.9 Å². The second kappa shape index (κ2) is 21.3. The van der Waals surface area contributed by atoms with Gasteiger partial charge in [0.15, 0.2) is 5.78 Å². The first-order valence-electron chi connectivity index (χ1n) is 6.46. The molecule has 25 heavy (non-hydrogen) atoms. The van der Waals surface area contributed by atoms with Crippen molar-refractivity contribution in [1.29, 1.82) is 0 Å². The first-order valence-corrected chi connectivity index (χ1v) is 6.46. The number of hydrogen-bond donors (Lipinski definition) is 0. The number of carbonyl (C=O) groups excluding carboxylic acids is 1. The van der Waals surface area contributed by atoms with E-state index in [4.69, 9.17) is 14.0 Å². The van der Waals surface area contributed by atoms with Crippen molar-refractivity contribution in [2.75, 3.05) is 0 Å². The Morgan fingerprint density at radius 3 is 1.20 bits per heavy atom. The van der Waals surface area contributed by atoms with Crippen LogP contribution in [0.3, 0.4) is 0 Å². The molecule has 0 aliphatic rings. The van der Waals surface area contributed by atoms with Gasteiger partial charge in [0.2, 0.25) is 0 Å². The first-order chi connectivity index (χ1) is 11.8. The summed E-state index contributed by atoms with van der Waals surface area (Å²) in [6.45, 7) is 13.5. The van der Waals surface area contributed by atoms with E-state index >= 15 is 0 Å². The number of allylic oxidation sites excluding steroid dienone is 2. The summed E-state index contributed by atoms with van der Waals surface area (Å²) in [7, 11) is 0. The molecule has 2 rings (SSSR count). The van der Waals surface area contributed by atoms with Crippen LogP contribution in [0.25, 0.3) is 12.2 Å². The largest absolute Gasteiger partial charge is 0 e. The summed E-state index contributed by atoms with van der Waals surface area (Å²) in [5.74, 6) is -0.0114. The summed E-state index contributed by atoms with van der Waals surface area (Å²) in [4.78, 5) is 11.6. The molecular weight excluding hydrogens is 356 g/mol. The molecule has 2 aromatic rings. The molecule has 0 radical (unpaired) electrons. The molecule has 0 spiro atoms. The van der Waals surface area contributed by atoms with E-state index in [-0.39, 0.29) is 23.1 Å². The molecule has 0 N–H and O–H groups in total. The smallest absolute Gasteiger partial charge is 0 e. The van der Waals surface area contributed by atoms with E-state index in [2.05, 4.69) is 20.0 Å². The summed E-state index contributed by atoms with van der Waals surface area (Å²) in [5.41, 5.74) is 2.05. The summed E-state index contributed by atoms with van der Waals surface area (Å²) >= 11 is 0. The Kier molecular flexibility index (Phi) is 23.2. The molecule has 124 valence electrons. The Balaban J connectivity index is -0.000000626. The van der Waals surface area contributed by atoms with E-state index in [1.165, 1.54) is 0 Å². The van der Waals surface area contributed by atoms with Crippen LogP contribution in [0.15, 0.2) is 72.8 Å². The summed E-state index contributed by atoms with van der Waals surface area (Å²) in [6.07, 6.45) is 6.79. The zero-order chi connectivity index (χ0) is 18.6. The molecule has 0 saturated heterocycles. The number of benzene rings is 2. The van der Waals surface area contributed by atoms with Gasteiger partial charge in [-0.3, -0.25) is 4.79 Å². The topological polar surface area (TPSA) is 76.8 Å². The van der Waals surface area contributed by atoms with Crippen LogP contribution in [0.1, 0.15) is 11.1 Å². The third-order valence-corrected chi connectivity index (χ3v) is 2.48. The van der Waals surface area contributed by atoms with E-state index in [0.717, 1.165) is 11.1 Å². The average molecular weight is 370 g/mol. The van der Waals surface area contributed by atoms with Crippen LogP contribution < -0.4 is 0 Å². The van der Waals surface area contributed by atoms with Crippen LogP contribution >= 0.6 is 0 Å². The first kappa shape index (κ1) is 27.2. The second-order valence-electron chi connectivity index (χ2n) is 3.89. The van der Waals surface area contributed by atoms with Gasteiger partial charge in [0, 0.05) is 17.4 Å². The quantitative estimate of drug-likeness (QED) is 0.457. The van der Waals surface area contributed by atoms with Crippen molar-refractivity contribution in [2.24, 2.45) is 0 Å². The van der Waals surface area contributed by atoms with Crippen LogP contribution in [-0.2, 0) is 36.1 Å². The second-order valence-corrected chi connectivity index (χ2v) is 3.89. The van der Waals surface area contributed by atoms with Crippen molar-refractivity contribution in [2.45, 2.75) is 0 Å². The predicted molar refractivity (Wildman–Crippen MR) is 87.7 cm³/mol. The van der Waals surface area contributed by atoms with Gasteiger partial charge < -0.3 is 0 Å². The van der Waals surface area contributed by atoms with Gasteiger partial charge in [0.05, 0.1) is 0 Å².